The number of Topliss-reactive ketones (excluding diaryl/α,β-unsaturated/α-hetero) is 2. The average molecular weight is 1010 g/mol. The van der Waals surface area contributed by atoms with Gasteiger partial charge in [0.15, 0.2) is 5.78 Å². The fourth-order valence-electron chi connectivity index (χ4n) is 11.3. The third-order valence-electron chi connectivity index (χ3n) is 15.8. The van der Waals surface area contributed by atoms with Crippen LogP contribution in [-0.2, 0) is 38.1 Å². The molecule has 2 saturated heterocycles. The predicted molar refractivity (Wildman–Crippen MR) is 279 cm³/mol. The molecule has 4 aliphatic rings. The molecule has 1 aliphatic carbocycles. The monoisotopic (exact) mass is 1000 g/mol. The molecule has 0 radical (unpaired) electrons. The summed E-state index contributed by atoms with van der Waals surface area (Å²) in [6, 6.07) is 6.30. The molecule has 3 aliphatic heterocycles. The second-order valence-electron chi connectivity index (χ2n) is 21.6. The van der Waals surface area contributed by atoms with E-state index in [1.807, 2.05) is 88.4 Å². The standard InChI is InChI=1S/C58H88N2O12/c1-11-70-45-21-17-20-44(34-45)59-47-35-46-26-24-42(8)58(67,72-46)55(64)56(65)60-29-16-15-22-48(60)57(66)71-50(39(5)32-43-25-27-49(61)51(33-43)68-9)28-23-37(3)31-41(7)53(63)54(69-10)52(62)40(6)30-36(2)18-13-12-14-19-38(47)4/h12-14,17-21,31,34,36-37,39-40,42-43,46-51,53-54,59,61,63,67H,11,15-16,22-30,32-33,35H2,1-10H3/b14-12+,18-13+,38-19+,41-31+/t36-,37+,39-,40-,42?,43+,46+,47+,48?,49-,50+,51-,53-,54+,58-/m1/s1. The number of nitrogens with zero attached hydrogens (tertiary/aromatic N) is 1. The molecule has 402 valence electrons. The maximum absolute atomic E-state index is 14.5. The number of methoxy groups -OCH3 is 2. The number of ether oxygens (including phenoxy) is 5. The van der Waals surface area contributed by atoms with E-state index in [2.05, 4.69) is 19.2 Å². The van der Waals surface area contributed by atoms with Crippen LogP contribution in [0, 0.1) is 35.5 Å². The molecule has 4 N–H and O–H groups in total. The first-order chi connectivity index (χ1) is 34.3. The molecule has 1 aromatic carbocycles. The number of benzene rings is 1. The summed E-state index contributed by atoms with van der Waals surface area (Å²) in [7, 11) is 3.06. The number of nitrogens with one attached hydrogen (secondary N) is 1. The minimum absolute atomic E-state index is 0.0449. The Balaban J connectivity index is 1.49. The topological polar surface area (TPSA) is 190 Å². The Hall–Kier alpha value is -4.18. The van der Waals surface area contributed by atoms with E-state index in [1.165, 1.54) is 12.0 Å². The lowest BCUT2D eigenvalue weighted by Crippen LogP contribution is -2.61. The highest BCUT2D eigenvalue weighted by molar-refractivity contribution is 6.39. The zero-order chi connectivity index (χ0) is 52.7. The number of piperidine rings is 1. The highest BCUT2D eigenvalue weighted by atomic mass is 16.6. The number of rotatable bonds is 9. The largest absolute Gasteiger partial charge is 0.494 e. The van der Waals surface area contributed by atoms with Gasteiger partial charge in [-0.15, -0.1) is 0 Å². The fourth-order valence-corrected chi connectivity index (χ4v) is 11.3. The van der Waals surface area contributed by atoms with Gasteiger partial charge >= 0.3 is 5.97 Å². The van der Waals surface area contributed by atoms with Crippen LogP contribution in [0.4, 0.5) is 5.69 Å². The summed E-state index contributed by atoms with van der Waals surface area (Å²) in [6.45, 7) is 16.1. The molecule has 3 fully saturated rings. The van der Waals surface area contributed by atoms with Crippen molar-refractivity contribution >= 4 is 29.1 Å². The van der Waals surface area contributed by atoms with Crippen molar-refractivity contribution in [2.45, 2.75) is 193 Å². The van der Waals surface area contributed by atoms with Gasteiger partial charge in [0.25, 0.3) is 11.7 Å². The maximum Gasteiger partial charge on any atom is 0.329 e. The van der Waals surface area contributed by atoms with Gasteiger partial charge in [-0.2, -0.15) is 0 Å². The number of fused-ring (bicyclic) bond motifs is 3. The minimum Gasteiger partial charge on any atom is -0.494 e. The lowest BCUT2D eigenvalue weighted by molar-refractivity contribution is -0.263. The maximum atomic E-state index is 14.5. The summed E-state index contributed by atoms with van der Waals surface area (Å²) in [6.07, 6.45) is 14.9. The number of hydrogen-bond acceptors (Lipinski definition) is 13. The summed E-state index contributed by atoms with van der Waals surface area (Å²) in [5.74, 6) is -5.54. The number of hydrogen-bond donors (Lipinski definition) is 4. The summed E-state index contributed by atoms with van der Waals surface area (Å²) in [5, 5.41) is 38.0. The SMILES string of the molecule is CCOc1cccc(N[C@H]2C[C@@H]3CCC(C)[C@@](O)(O3)C(=O)C(=O)N3CCCCC3C(=O)O[C@H]([C@H](C)C[C@@H]3CC[C@@H](O)[C@H](OC)C3)CC[C@H](C)/C=C(\C)[C@@H](O)[C@@H](OC)C(=O)[C@H](C)C[C@H](C)/C=C/C=C/C=C/2C)c1. The van der Waals surface area contributed by atoms with Crippen molar-refractivity contribution in [3.05, 3.63) is 71.9 Å². The molecule has 1 amide bonds. The van der Waals surface area contributed by atoms with Crippen LogP contribution in [-0.4, -0.2) is 126 Å². The van der Waals surface area contributed by atoms with Gasteiger partial charge in [-0.05, 0) is 146 Å². The first-order valence-corrected chi connectivity index (χ1v) is 26.9. The number of allylic oxidation sites excluding steroid dienone is 6. The quantitative estimate of drug-likeness (QED) is 0.104. The number of aliphatic hydroxyl groups is 3. The van der Waals surface area contributed by atoms with E-state index < -0.39 is 65.9 Å². The Kier molecular flexibility index (Phi) is 22.8. The smallest absolute Gasteiger partial charge is 0.329 e. The molecular weight excluding hydrogens is 917 g/mol. The van der Waals surface area contributed by atoms with Crippen LogP contribution < -0.4 is 10.1 Å². The van der Waals surface area contributed by atoms with E-state index in [0.717, 1.165) is 17.7 Å². The third kappa shape index (κ3) is 15.9. The third-order valence-corrected chi connectivity index (χ3v) is 15.8. The Labute approximate surface area is 430 Å². The number of amides is 1. The van der Waals surface area contributed by atoms with Gasteiger partial charge < -0.3 is 49.2 Å². The average Bonchev–Trinajstić information content (AvgIpc) is 3.35. The van der Waals surface area contributed by atoms with Crippen LogP contribution in [0.5, 0.6) is 5.75 Å². The highest BCUT2D eigenvalue weighted by Crippen LogP contribution is 2.38. The Morgan fingerprint density at radius 2 is 1.62 bits per heavy atom. The number of anilines is 1. The normalized spacial score (nSPS) is 37.5. The van der Waals surface area contributed by atoms with Crippen molar-refractivity contribution in [2.24, 2.45) is 35.5 Å². The van der Waals surface area contributed by atoms with Crippen molar-refractivity contribution in [2.75, 3.05) is 32.7 Å². The van der Waals surface area contributed by atoms with Crippen molar-refractivity contribution < 1.29 is 58.2 Å². The van der Waals surface area contributed by atoms with Crippen LogP contribution in [0.3, 0.4) is 0 Å². The first kappa shape index (κ1) is 58.7. The molecule has 15 atom stereocenters. The molecule has 2 unspecified atom stereocenters. The summed E-state index contributed by atoms with van der Waals surface area (Å²) in [4.78, 5) is 58.7. The van der Waals surface area contributed by atoms with Gasteiger partial charge in [0, 0.05) is 50.4 Å². The molecule has 1 saturated carbocycles. The van der Waals surface area contributed by atoms with Crippen LogP contribution in [0.1, 0.15) is 139 Å². The molecule has 5 rings (SSSR count). The fraction of sp³-hybridized carbons (Fsp3) is 0.690. The van der Waals surface area contributed by atoms with Crippen molar-refractivity contribution in [1.82, 2.24) is 4.90 Å². The van der Waals surface area contributed by atoms with Gasteiger partial charge in [0.05, 0.1) is 24.9 Å². The van der Waals surface area contributed by atoms with E-state index in [9.17, 15) is 34.5 Å². The summed E-state index contributed by atoms with van der Waals surface area (Å²) >= 11 is 0. The van der Waals surface area contributed by atoms with E-state index in [4.69, 9.17) is 23.7 Å². The number of cyclic esters (lactones) is 1. The van der Waals surface area contributed by atoms with E-state index >= 15 is 0 Å². The minimum atomic E-state index is -2.42. The molecule has 14 nitrogen and oxygen atoms in total. The number of esters is 1. The lowest BCUT2D eigenvalue weighted by atomic mass is 9.78. The summed E-state index contributed by atoms with van der Waals surface area (Å²) in [5.41, 5.74) is 2.37. The van der Waals surface area contributed by atoms with Gasteiger partial charge in [0.2, 0.25) is 5.79 Å². The molecule has 1 aromatic rings. The number of ketones is 2. The second kappa shape index (κ2) is 27.9. The predicted octanol–water partition coefficient (Wildman–Crippen LogP) is 8.87. The molecule has 3 heterocycles. The Morgan fingerprint density at radius 3 is 2.35 bits per heavy atom. The second-order valence-corrected chi connectivity index (χ2v) is 21.6. The zero-order valence-corrected chi connectivity index (χ0v) is 44.9. The molecule has 0 spiro atoms. The van der Waals surface area contributed by atoms with E-state index in [0.29, 0.717) is 95.0 Å². The lowest BCUT2D eigenvalue weighted by Gasteiger charge is -2.43. The molecule has 72 heavy (non-hydrogen) atoms. The Bertz CT molecular complexity index is 2070. The van der Waals surface area contributed by atoms with Crippen molar-refractivity contribution in [1.29, 1.82) is 0 Å². The van der Waals surface area contributed by atoms with Crippen LogP contribution in [0.15, 0.2) is 71.9 Å². The van der Waals surface area contributed by atoms with Crippen LogP contribution >= 0.6 is 0 Å². The van der Waals surface area contributed by atoms with E-state index in [1.54, 1.807) is 21.0 Å². The van der Waals surface area contributed by atoms with Gasteiger partial charge in [-0.3, -0.25) is 14.4 Å². The molecule has 2 bridgehead atoms. The number of carbonyl (C=O) groups excluding carboxylic acids is 4. The van der Waals surface area contributed by atoms with E-state index in [-0.39, 0.29) is 54.1 Å². The van der Waals surface area contributed by atoms with Crippen molar-refractivity contribution in [3.63, 3.8) is 0 Å². The molecule has 14 heteroatoms. The van der Waals surface area contributed by atoms with Crippen LogP contribution in [0.2, 0.25) is 0 Å². The highest BCUT2D eigenvalue weighted by Gasteiger charge is 2.53. The van der Waals surface area contributed by atoms with Gasteiger partial charge in [0.1, 0.15) is 30.1 Å². The first-order valence-electron chi connectivity index (χ1n) is 26.9. The molecule has 0 aromatic heterocycles. The molecular formula is C58H88N2O12. The Morgan fingerprint density at radius 1 is 0.861 bits per heavy atom. The number of carbonyl (C=O) groups is 4. The zero-order valence-electron chi connectivity index (χ0n) is 44.9. The summed E-state index contributed by atoms with van der Waals surface area (Å²) < 4.78 is 29.9. The van der Waals surface area contributed by atoms with Gasteiger partial charge in [-0.1, -0.05) is 82.7 Å². The van der Waals surface area contributed by atoms with Crippen LogP contribution in [0.25, 0.3) is 0 Å². The number of aliphatic hydroxyl groups excluding tert-OH is 2. The van der Waals surface area contributed by atoms with Crippen molar-refractivity contribution in [3.8, 4) is 5.75 Å². The van der Waals surface area contributed by atoms with Gasteiger partial charge in [-0.25, -0.2) is 4.79 Å².